The molecule has 4 heteroatoms. The maximum absolute atomic E-state index is 12.0. The molecule has 2 fully saturated rings. The van der Waals surface area contributed by atoms with E-state index >= 15 is 0 Å². The zero-order valence-corrected chi connectivity index (χ0v) is 19.6. The summed E-state index contributed by atoms with van der Waals surface area (Å²) in [6.07, 6.45) is 9.65. The minimum absolute atomic E-state index is 0.000386. The number of ether oxygens (including phenoxy) is 2. The van der Waals surface area contributed by atoms with Crippen molar-refractivity contribution in [3.63, 3.8) is 0 Å². The molecule has 2 saturated carbocycles. The molecule has 0 saturated heterocycles. The number of esters is 2. The lowest BCUT2D eigenvalue weighted by Crippen LogP contribution is -2.30. The minimum Gasteiger partial charge on any atom is -0.425 e. The second-order valence-electron chi connectivity index (χ2n) is 9.13. The normalized spacial score (nSPS) is 17.8. The largest absolute Gasteiger partial charge is 0.425 e. The van der Waals surface area contributed by atoms with Crippen molar-refractivity contribution < 1.29 is 19.1 Å². The van der Waals surface area contributed by atoms with Crippen LogP contribution in [-0.4, -0.2) is 18.2 Å². The number of hydrogen-bond acceptors (Lipinski definition) is 4. The Hall–Kier alpha value is -1.84. The predicted octanol–water partition coefficient (Wildman–Crippen LogP) is 6.50. The topological polar surface area (TPSA) is 52.6 Å². The van der Waals surface area contributed by atoms with Gasteiger partial charge in [-0.1, -0.05) is 56.2 Å². The first-order chi connectivity index (χ1) is 14.3. The predicted molar refractivity (Wildman–Crippen MR) is 120 cm³/mol. The molecule has 0 bridgehead atoms. The van der Waals surface area contributed by atoms with Gasteiger partial charge in [0.05, 0.1) is 11.8 Å². The third-order valence-corrected chi connectivity index (χ3v) is 6.51. The van der Waals surface area contributed by atoms with E-state index in [1.165, 1.54) is 35.1 Å². The van der Waals surface area contributed by atoms with E-state index in [-0.39, 0.29) is 23.8 Å². The van der Waals surface area contributed by atoms with Crippen LogP contribution < -0.4 is 0 Å². The van der Waals surface area contributed by atoms with Crippen LogP contribution in [0.4, 0.5) is 0 Å². The highest BCUT2D eigenvalue weighted by Crippen LogP contribution is 2.27. The summed E-state index contributed by atoms with van der Waals surface area (Å²) in [4.78, 5) is 23.9. The lowest BCUT2D eigenvalue weighted by Gasteiger charge is -2.24. The van der Waals surface area contributed by atoms with Crippen LogP contribution in [0.2, 0.25) is 0 Å². The third-order valence-electron chi connectivity index (χ3n) is 6.51. The summed E-state index contributed by atoms with van der Waals surface area (Å²) in [6, 6.07) is 4.45. The van der Waals surface area contributed by atoms with Gasteiger partial charge in [-0.3, -0.25) is 9.59 Å². The third kappa shape index (κ3) is 7.77. The minimum atomic E-state index is -0.751. The lowest BCUT2D eigenvalue weighted by atomic mass is 9.89. The number of aryl methyl sites for hydroxylation is 3. The van der Waals surface area contributed by atoms with Crippen LogP contribution in [0.25, 0.3) is 0 Å². The molecular formula is C26H40O4. The first kappa shape index (κ1) is 24.4. The average molecular weight is 417 g/mol. The molecule has 30 heavy (non-hydrogen) atoms. The summed E-state index contributed by atoms with van der Waals surface area (Å²) in [5.74, 6) is -0.401. The van der Waals surface area contributed by atoms with E-state index < -0.39 is 6.29 Å². The molecule has 0 N–H and O–H groups in total. The molecule has 3 rings (SSSR count). The smallest absolute Gasteiger partial charge is 0.311 e. The fraction of sp³-hybridized carbons (Fsp3) is 0.692. The molecule has 0 atom stereocenters. The summed E-state index contributed by atoms with van der Waals surface area (Å²) in [7, 11) is 0. The first-order valence-corrected chi connectivity index (χ1v) is 11.7. The molecule has 2 aliphatic carbocycles. The van der Waals surface area contributed by atoms with Crippen molar-refractivity contribution in [1.29, 1.82) is 0 Å². The standard InChI is InChI=1S/C16H26O4.C10H14/c1-12(19-15(17)13-8-4-2-5-9-13)20-16(18)14-10-6-3-7-11-14;1-7-5-8(2)10(4)9(3)6-7/h12-14H,2-11H2,1H3;5-6H,1-4H3. The highest BCUT2D eigenvalue weighted by molar-refractivity contribution is 5.74. The quantitative estimate of drug-likeness (QED) is 0.415. The van der Waals surface area contributed by atoms with Crippen molar-refractivity contribution in [2.75, 3.05) is 0 Å². The van der Waals surface area contributed by atoms with Gasteiger partial charge in [-0.2, -0.15) is 0 Å². The van der Waals surface area contributed by atoms with Crippen molar-refractivity contribution in [1.82, 2.24) is 0 Å². The van der Waals surface area contributed by atoms with Gasteiger partial charge in [-0.25, -0.2) is 0 Å². The van der Waals surface area contributed by atoms with Crippen molar-refractivity contribution in [3.05, 3.63) is 34.4 Å². The number of rotatable bonds is 4. The van der Waals surface area contributed by atoms with Crippen molar-refractivity contribution in [2.24, 2.45) is 11.8 Å². The van der Waals surface area contributed by atoms with Gasteiger partial charge < -0.3 is 9.47 Å². The highest BCUT2D eigenvalue weighted by atomic mass is 16.7. The molecule has 2 aliphatic rings. The monoisotopic (exact) mass is 416 g/mol. The molecular weight excluding hydrogens is 376 g/mol. The summed E-state index contributed by atoms with van der Waals surface area (Å²) in [5.41, 5.74) is 5.58. The van der Waals surface area contributed by atoms with Crippen LogP contribution in [-0.2, 0) is 19.1 Å². The molecule has 0 aliphatic heterocycles. The number of carbonyl (C=O) groups is 2. The molecule has 4 nitrogen and oxygen atoms in total. The summed E-state index contributed by atoms with van der Waals surface area (Å²) in [5, 5.41) is 0. The van der Waals surface area contributed by atoms with Crippen LogP contribution >= 0.6 is 0 Å². The zero-order chi connectivity index (χ0) is 22.1. The maximum atomic E-state index is 12.0. The van der Waals surface area contributed by atoms with Crippen LogP contribution in [0.3, 0.4) is 0 Å². The van der Waals surface area contributed by atoms with Gasteiger partial charge in [-0.15, -0.1) is 0 Å². The van der Waals surface area contributed by atoms with Crippen molar-refractivity contribution in [2.45, 2.75) is 105 Å². The second kappa shape index (κ2) is 12.1. The second-order valence-corrected chi connectivity index (χ2v) is 9.13. The van der Waals surface area contributed by atoms with Crippen LogP contribution in [0.5, 0.6) is 0 Å². The fourth-order valence-electron chi connectivity index (χ4n) is 4.47. The Morgan fingerprint density at radius 2 is 1.10 bits per heavy atom. The number of hydrogen-bond donors (Lipinski definition) is 0. The van der Waals surface area contributed by atoms with Gasteiger partial charge in [0.2, 0.25) is 6.29 Å². The van der Waals surface area contributed by atoms with Gasteiger partial charge in [0.25, 0.3) is 0 Å². The Morgan fingerprint density at radius 3 is 1.47 bits per heavy atom. The molecule has 0 aromatic heterocycles. The Labute approximate surface area is 182 Å². The van der Waals surface area contributed by atoms with Gasteiger partial charge in [0.15, 0.2) is 0 Å². The van der Waals surface area contributed by atoms with Gasteiger partial charge in [0, 0.05) is 6.92 Å². The van der Waals surface area contributed by atoms with Crippen LogP contribution in [0.1, 0.15) is 93.4 Å². The summed E-state index contributed by atoms with van der Waals surface area (Å²) >= 11 is 0. The van der Waals surface area contributed by atoms with E-state index in [1.807, 2.05) is 0 Å². The zero-order valence-electron chi connectivity index (χ0n) is 19.6. The Morgan fingerprint density at radius 1 is 0.733 bits per heavy atom. The Kier molecular flexibility index (Phi) is 9.87. The van der Waals surface area contributed by atoms with E-state index in [2.05, 4.69) is 39.8 Å². The Bertz CT molecular complexity index is 642. The summed E-state index contributed by atoms with van der Waals surface area (Å²) in [6.45, 7) is 10.3. The van der Waals surface area contributed by atoms with Crippen molar-refractivity contribution >= 4 is 11.9 Å². The molecule has 1 aromatic carbocycles. The van der Waals surface area contributed by atoms with E-state index in [0.29, 0.717) is 0 Å². The molecule has 0 amide bonds. The van der Waals surface area contributed by atoms with E-state index in [0.717, 1.165) is 51.4 Å². The van der Waals surface area contributed by atoms with Crippen molar-refractivity contribution in [3.8, 4) is 0 Å². The fourth-order valence-corrected chi connectivity index (χ4v) is 4.47. The van der Waals surface area contributed by atoms with Crippen LogP contribution in [0, 0.1) is 39.5 Å². The summed E-state index contributed by atoms with van der Waals surface area (Å²) < 4.78 is 10.5. The highest BCUT2D eigenvalue weighted by Gasteiger charge is 2.27. The first-order valence-electron chi connectivity index (χ1n) is 11.7. The number of carbonyl (C=O) groups excluding carboxylic acids is 2. The molecule has 0 unspecified atom stereocenters. The van der Waals surface area contributed by atoms with Gasteiger partial charge >= 0.3 is 11.9 Å². The molecule has 0 spiro atoms. The molecule has 1 aromatic rings. The van der Waals surface area contributed by atoms with Crippen LogP contribution in [0.15, 0.2) is 12.1 Å². The number of benzene rings is 1. The van der Waals surface area contributed by atoms with E-state index in [1.54, 1.807) is 6.92 Å². The SMILES string of the molecule is CC(OC(=O)C1CCCCC1)OC(=O)C1CCCCC1.Cc1cc(C)c(C)c(C)c1. The molecule has 168 valence electrons. The maximum Gasteiger partial charge on any atom is 0.311 e. The molecule has 0 heterocycles. The lowest BCUT2D eigenvalue weighted by molar-refractivity contribution is -0.191. The van der Waals surface area contributed by atoms with Gasteiger partial charge in [0.1, 0.15) is 0 Å². The van der Waals surface area contributed by atoms with E-state index in [4.69, 9.17) is 9.47 Å². The average Bonchev–Trinajstić information content (AvgIpc) is 2.73. The van der Waals surface area contributed by atoms with E-state index in [9.17, 15) is 9.59 Å². The van der Waals surface area contributed by atoms with Gasteiger partial charge in [-0.05, 0) is 70.1 Å². The Balaban J connectivity index is 0.000000269. The molecule has 0 radical (unpaired) electrons.